The number of halogens is 1. The molecule has 0 radical (unpaired) electrons. The fourth-order valence-corrected chi connectivity index (χ4v) is 3.46. The molecule has 166 valence electrons. The largest absolute Gasteiger partial charge is 0.340 e. The minimum atomic E-state index is -0.798. The van der Waals surface area contributed by atoms with E-state index >= 15 is 0 Å². The molecular weight excluding hydrogens is 440 g/mol. The molecule has 2 amide bonds. The second kappa shape index (κ2) is 10.1. The van der Waals surface area contributed by atoms with Crippen molar-refractivity contribution in [2.24, 2.45) is 0 Å². The summed E-state index contributed by atoms with van der Waals surface area (Å²) in [6, 6.07) is 20.7. The average molecular weight is 461 g/mol. The highest BCUT2D eigenvalue weighted by Gasteiger charge is 2.22. The Labute approximate surface area is 195 Å². The number of tetrazole rings is 1. The normalized spacial score (nSPS) is 11.6. The number of rotatable bonds is 7. The predicted octanol–water partition coefficient (Wildman–Crippen LogP) is 3.60. The molecule has 1 aromatic heterocycles. The third-order valence-electron chi connectivity index (χ3n) is 5.08. The first kappa shape index (κ1) is 22.2. The number of amides is 2. The van der Waals surface area contributed by atoms with Crippen molar-refractivity contribution in [3.8, 4) is 5.69 Å². The lowest BCUT2D eigenvalue weighted by Crippen LogP contribution is -2.45. The van der Waals surface area contributed by atoms with E-state index in [9.17, 15) is 9.59 Å². The van der Waals surface area contributed by atoms with Gasteiger partial charge in [0, 0.05) is 22.7 Å². The highest BCUT2D eigenvalue weighted by Crippen LogP contribution is 2.19. The molecule has 0 bridgehead atoms. The van der Waals surface area contributed by atoms with E-state index in [4.69, 9.17) is 11.6 Å². The van der Waals surface area contributed by atoms with Gasteiger partial charge in [-0.2, -0.15) is 0 Å². The quantitative estimate of drug-likeness (QED) is 0.438. The fraction of sp³-hybridized carbons (Fsp3) is 0.125. The Morgan fingerprint density at radius 3 is 2.48 bits per heavy atom. The van der Waals surface area contributed by atoms with Gasteiger partial charge in [-0.05, 0) is 64.9 Å². The zero-order valence-electron chi connectivity index (χ0n) is 17.8. The predicted molar refractivity (Wildman–Crippen MR) is 125 cm³/mol. The van der Waals surface area contributed by atoms with E-state index in [0.29, 0.717) is 22.7 Å². The standard InChI is InChI=1S/C24H21ClN6O2/c1-16-7-12-20(14-22(16)31-15-26-29-30-31)27-24(33)21(13-17-5-3-2-4-6-17)28-23(32)18-8-10-19(25)11-9-18/h2-12,14-15,21H,13H2,1H3,(H,27,33)(H,28,32)/t21-/m0/s1. The van der Waals surface area contributed by atoms with Crippen molar-refractivity contribution < 1.29 is 9.59 Å². The van der Waals surface area contributed by atoms with Crippen LogP contribution in [0.25, 0.3) is 5.69 Å². The molecule has 0 spiro atoms. The van der Waals surface area contributed by atoms with E-state index in [1.165, 1.54) is 11.0 Å². The maximum atomic E-state index is 13.2. The van der Waals surface area contributed by atoms with Crippen LogP contribution in [0.15, 0.2) is 79.1 Å². The molecule has 8 nitrogen and oxygen atoms in total. The molecule has 4 rings (SSSR count). The van der Waals surface area contributed by atoms with Crippen molar-refractivity contribution >= 4 is 29.1 Å². The number of nitrogens with one attached hydrogen (secondary N) is 2. The van der Waals surface area contributed by atoms with E-state index in [2.05, 4.69) is 26.2 Å². The Kier molecular flexibility index (Phi) is 6.75. The van der Waals surface area contributed by atoms with Crippen molar-refractivity contribution in [1.29, 1.82) is 0 Å². The second-order valence-corrected chi connectivity index (χ2v) is 7.90. The number of benzene rings is 3. The molecule has 33 heavy (non-hydrogen) atoms. The van der Waals surface area contributed by atoms with Gasteiger partial charge in [0.15, 0.2) is 0 Å². The van der Waals surface area contributed by atoms with Crippen LogP contribution in [0.1, 0.15) is 21.5 Å². The molecule has 0 saturated carbocycles. The number of carbonyl (C=O) groups excluding carboxylic acids is 2. The zero-order valence-corrected chi connectivity index (χ0v) is 18.5. The second-order valence-electron chi connectivity index (χ2n) is 7.47. The third kappa shape index (κ3) is 5.61. The van der Waals surface area contributed by atoms with Crippen molar-refractivity contribution in [1.82, 2.24) is 25.5 Å². The van der Waals surface area contributed by atoms with Crippen LogP contribution in [0.2, 0.25) is 5.02 Å². The lowest BCUT2D eigenvalue weighted by Gasteiger charge is -2.19. The van der Waals surface area contributed by atoms with E-state index < -0.39 is 6.04 Å². The molecule has 1 heterocycles. The maximum Gasteiger partial charge on any atom is 0.251 e. The summed E-state index contributed by atoms with van der Waals surface area (Å²) in [6.07, 6.45) is 1.82. The number of hydrogen-bond donors (Lipinski definition) is 2. The fourth-order valence-electron chi connectivity index (χ4n) is 3.34. The Bertz CT molecular complexity index is 1240. The lowest BCUT2D eigenvalue weighted by molar-refractivity contribution is -0.118. The summed E-state index contributed by atoms with van der Waals surface area (Å²) in [5, 5.41) is 17.5. The Morgan fingerprint density at radius 2 is 1.79 bits per heavy atom. The van der Waals surface area contributed by atoms with E-state index in [-0.39, 0.29) is 11.8 Å². The summed E-state index contributed by atoms with van der Waals surface area (Å²) in [5.74, 6) is -0.700. The van der Waals surface area contributed by atoms with Gasteiger partial charge < -0.3 is 10.6 Å². The molecule has 4 aromatic rings. The van der Waals surface area contributed by atoms with E-state index in [1.54, 1.807) is 36.4 Å². The number of aromatic nitrogens is 4. The first-order valence-electron chi connectivity index (χ1n) is 10.2. The Morgan fingerprint density at radius 1 is 1.03 bits per heavy atom. The van der Waals surface area contributed by atoms with Crippen molar-refractivity contribution in [2.75, 3.05) is 5.32 Å². The van der Waals surface area contributed by atoms with Gasteiger partial charge in [0.1, 0.15) is 12.4 Å². The first-order chi connectivity index (χ1) is 16.0. The highest BCUT2D eigenvalue weighted by molar-refractivity contribution is 6.30. The van der Waals surface area contributed by atoms with Crippen LogP contribution in [0.3, 0.4) is 0 Å². The summed E-state index contributed by atoms with van der Waals surface area (Å²) < 4.78 is 1.52. The minimum Gasteiger partial charge on any atom is -0.340 e. The minimum absolute atomic E-state index is 0.331. The van der Waals surface area contributed by atoms with Gasteiger partial charge in [-0.25, -0.2) is 4.68 Å². The molecule has 0 aliphatic rings. The molecule has 0 unspecified atom stereocenters. The van der Waals surface area contributed by atoms with Gasteiger partial charge in [-0.1, -0.05) is 48.0 Å². The van der Waals surface area contributed by atoms with Crippen LogP contribution < -0.4 is 10.6 Å². The summed E-state index contributed by atoms with van der Waals surface area (Å²) in [5.41, 5.74) is 3.59. The zero-order chi connectivity index (χ0) is 23.2. The van der Waals surface area contributed by atoms with Crippen LogP contribution in [0.5, 0.6) is 0 Å². The van der Waals surface area contributed by atoms with Crippen LogP contribution in [0.4, 0.5) is 5.69 Å². The van der Waals surface area contributed by atoms with E-state index in [0.717, 1.165) is 16.8 Å². The molecule has 1 atom stereocenters. The van der Waals surface area contributed by atoms with E-state index in [1.807, 2.05) is 43.3 Å². The third-order valence-corrected chi connectivity index (χ3v) is 5.34. The van der Waals surface area contributed by atoms with Gasteiger partial charge in [-0.3, -0.25) is 9.59 Å². The van der Waals surface area contributed by atoms with Crippen molar-refractivity contribution in [2.45, 2.75) is 19.4 Å². The highest BCUT2D eigenvalue weighted by atomic mass is 35.5. The van der Waals surface area contributed by atoms with Crippen LogP contribution in [-0.2, 0) is 11.2 Å². The molecule has 2 N–H and O–H groups in total. The monoisotopic (exact) mass is 460 g/mol. The summed E-state index contributed by atoms with van der Waals surface area (Å²) in [4.78, 5) is 26.0. The smallest absolute Gasteiger partial charge is 0.251 e. The number of carbonyl (C=O) groups is 2. The van der Waals surface area contributed by atoms with Gasteiger partial charge in [0.25, 0.3) is 5.91 Å². The molecule has 3 aromatic carbocycles. The average Bonchev–Trinajstić information content (AvgIpc) is 3.36. The topological polar surface area (TPSA) is 102 Å². The summed E-state index contributed by atoms with van der Waals surface area (Å²) in [7, 11) is 0. The van der Waals surface area contributed by atoms with Crippen LogP contribution in [-0.4, -0.2) is 38.1 Å². The first-order valence-corrected chi connectivity index (χ1v) is 10.6. The van der Waals surface area contributed by atoms with Gasteiger partial charge >= 0.3 is 0 Å². The van der Waals surface area contributed by atoms with Crippen molar-refractivity contribution in [3.05, 3.63) is 101 Å². The molecule has 0 saturated heterocycles. The number of anilines is 1. The summed E-state index contributed by atoms with van der Waals surface area (Å²) in [6.45, 7) is 1.92. The van der Waals surface area contributed by atoms with Gasteiger partial charge in [-0.15, -0.1) is 5.10 Å². The molecule has 0 aliphatic heterocycles. The molecule has 9 heteroatoms. The number of hydrogen-bond acceptors (Lipinski definition) is 5. The Hall–Kier alpha value is -4.04. The van der Waals surface area contributed by atoms with Crippen LogP contribution >= 0.6 is 11.6 Å². The van der Waals surface area contributed by atoms with Gasteiger partial charge in [0.2, 0.25) is 5.91 Å². The molecule has 0 aliphatic carbocycles. The lowest BCUT2D eigenvalue weighted by atomic mass is 10.0. The number of aryl methyl sites for hydroxylation is 1. The number of nitrogens with zero attached hydrogens (tertiary/aromatic N) is 4. The maximum absolute atomic E-state index is 13.2. The SMILES string of the molecule is Cc1ccc(NC(=O)[C@H](Cc2ccccc2)NC(=O)c2ccc(Cl)cc2)cc1-n1cnnn1. The molecular formula is C24H21ClN6O2. The Balaban J connectivity index is 1.56. The van der Waals surface area contributed by atoms with Crippen molar-refractivity contribution in [3.63, 3.8) is 0 Å². The van der Waals surface area contributed by atoms with Crippen LogP contribution in [0, 0.1) is 6.92 Å². The summed E-state index contributed by atoms with van der Waals surface area (Å²) >= 11 is 5.92. The molecule has 0 fully saturated rings. The van der Waals surface area contributed by atoms with Gasteiger partial charge in [0.05, 0.1) is 5.69 Å².